The second-order valence-electron chi connectivity index (χ2n) is 7.55. The average Bonchev–Trinajstić information content (AvgIpc) is 3.41. The number of alkyl halides is 3. The highest BCUT2D eigenvalue weighted by atomic mass is 32.1. The zero-order valence-corrected chi connectivity index (χ0v) is 20.1. The summed E-state index contributed by atoms with van der Waals surface area (Å²) in [6.45, 7) is 5.46. The van der Waals surface area contributed by atoms with E-state index in [1.165, 1.54) is 18.2 Å². The molecule has 3 rings (SSSR count). The number of aromatic hydroxyl groups is 1. The van der Waals surface area contributed by atoms with E-state index in [-0.39, 0.29) is 17.7 Å². The third-order valence-corrected chi connectivity index (χ3v) is 6.75. The Morgan fingerprint density at radius 2 is 1.68 bits per heavy atom. The lowest BCUT2D eigenvalue weighted by atomic mass is 10.1. The Morgan fingerprint density at radius 3 is 2.24 bits per heavy atom. The van der Waals surface area contributed by atoms with Crippen molar-refractivity contribution in [2.45, 2.75) is 39.4 Å². The number of amides is 2. The molecule has 11 heteroatoms. The first-order chi connectivity index (χ1) is 16.0. The minimum atomic E-state index is -4.44. The number of thiophene rings is 2. The maximum atomic E-state index is 12.8. The van der Waals surface area contributed by atoms with Gasteiger partial charge in [0.2, 0.25) is 0 Å². The van der Waals surface area contributed by atoms with Gasteiger partial charge in [0, 0.05) is 11.4 Å². The van der Waals surface area contributed by atoms with E-state index in [1.807, 2.05) is 13.8 Å². The molecule has 2 amide bonds. The number of hydrogen-bond donors (Lipinski definition) is 3. The zero-order chi connectivity index (χ0) is 25.0. The van der Waals surface area contributed by atoms with Gasteiger partial charge in [0.1, 0.15) is 5.75 Å². The molecule has 0 atom stereocenters. The Hall–Kier alpha value is -3.18. The molecule has 2 heterocycles. The quantitative estimate of drug-likeness (QED) is 0.274. The second-order valence-corrected chi connectivity index (χ2v) is 9.51. The van der Waals surface area contributed by atoms with Crippen molar-refractivity contribution in [3.63, 3.8) is 0 Å². The Morgan fingerprint density at radius 1 is 1.06 bits per heavy atom. The molecule has 0 radical (unpaired) electrons. The molecule has 2 aromatic heterocycles. The summed E-state index contributed by atoms with van der Waals surface area (Å²) in [5, 5.41) is 19.2. The Labute approximate surface area is 202 Å². The largest absolute Gasteiger partial charge is 0.506 e. The van der Waals surface area contributed by atoms with Crippen LogP contribution in [0.4, 0.5) is 13.2 Å². The van der Waals surface area contributed by atoms with Gasteiger partial charge in [0.25, 0.3) is 11.8 Å². The SMILES string of the molecule is CC/C(=N\NC(=O)c1ccc(C(=O)NC(C)C)s1)c1csc(-c2ccc(C(F)(F)F)cc2)c1O. The van der Waals surface area contributed by atoms with Crippen LogP contribution >= 0.6 is 22.7 Å². The fraction of sp³-hybridized carbons (Fsp3) is 0.261. The average molecular weight is 510 g/mol. The van der Waals surface area contributed by atoms with Crippen LogP contribution in [-0.2, 0) is 6.18 Å². The number of nitrogens with one attached hydrogen (secondary N) is 2. The Kier molecular flexibility index (Phi) is 7.78. The summed E-state index contributed by atoms with van der Waals surface area (Å²) in [6.07, 6.45) is -4.06. The minimum Gasteiger partial charge on any atom is -0.506 e. The number of benzene rings is 1. The van der Waals surface area contributed by atoms with E-state index >= 15 is 0 Å². The van der Waals surface area contributed by atoms with E-state index in [9.17, 15) is 27.9 Å². The minimum absolute atomic E-state index is 0.0330. The summed E-state index contributed by atoms with van der Waals surface area (Å²) < 4.78 is 38.4. The van der Waals surface area contributed by atoms with Gasteiger partial charge in [-0.25, -0.2) is 5.43 Å². The molecule has 0 aliphatic rings. The van der Waals surface area contributed by atoms with E-state index < -0.39 is 17.6 Å². The predicted molar refractivity (Wildman–Crippen MR) is 128 cm³/mol. The van der Waals surface area contributed by atoms with Gasteiger partial charge in [-0.3, -0.25) is 9.59 Å². The van der Waals surface area contributed by atoms with Gasteiger partial charge in [0.15, 0.2) is 0 Å². The maximum Gasteiger partial charge on any atom is 0.416 e. The maximum absolute atomic E-state index is 12.8. The van der Waals surface area contributed by atoms with Crippen molar-refractivity contribution in [3.05, 3.63) is 62.7 Å². The molecule has 0 aliphatic carbocycles. The smallest absolute Gasteiger partial charge is 0.416 e. The molecular formula is C23H22F3N3O3S2. The molecular weight excluding hydrogens is 487 g/mol. The molecule has 0 fully saturated rings. The normalized spacial score (nSPS) is 12.1. The summed E-state index contributed by atoms with van der Waals surface area (Å²) in [6, 6.07) is 7.57. The van der Waals surface area contributed by atoms with Crippen LogP contribution in [0.15, 0.2) is 46.9 Å². The van der Waals surface area contributed by atoms with E-state index in [0.29, 0.717) is 37.9 Å². The van der Waals surface area contributed by atoms with Crippen LogP contribution in [0.1, 0.15) is 57.7 Å². The van der Waals surface area contributed by atoms with Crippen molar-refractivity contribution >= 4 is 40.2 Å². The zero-order valence-electron chi connectivity index (χ0n) is 18.5. The van der Waals surface area contributed by atoms with Crippen LogP contribution in [0.25, 0.3) is 10.4 Å². The van der Waals surface area contributed by atoms with Crippen molar-refractivity contribution in [2.75, 3.05) is 0 Å². The molecule has 0 spiro atoms. The highest BCUT2D eigenvalue weighted by molar-refractivity contribution is 7.16. The predicted octanol–water partition coefficient (Wildman–Crippen LogP) is 5.88. The lowest BCUT2D eigenvalue weighted by molar-refractivity contribution is -0.137. The highest BCUT2D eigenvalue weighted by Gasteiger charge is 2.30. The Balaban J connectivity index is 1.76. The van der Waals surface area contributed by atoms with Crippen LogP contribution < -0.4 is 10.7 Å². The van der Waals surface area contributed by atoms with Gasteiger partial charge in [-0.1, -0.05) is 19.1 Å². The van der Waals surface area contributed by atoms with Crippen molar-refractivity contribution < 1.29 is 27.9 Å². The molecule has 0 saturated heterocycles. The van der Waals surface area contributed by atoms with E-state index in [1.54, 1.807) is 18.4 Å². The highest BCUT2D eigenvalue weighted by Crippen LogP contribution is 2.40. The summed E-state index contributed by atoms with van der Waals surface area (Å²) in [5.74, 6) is -0.892. The summed E-state index contributed by atoms with van der Waals surface area (Å²) in [7, 11) is 0. The number of carbonyl (C=O) groups is 2. The molecule has 1 aromatic carbocycles. The first kappa shape index (κ1) is 25.4. The van der Waals surface area contributed by atoms with Gasteiger partial charge < -0.3 is 10.4 Å². The molecule has 0 saturated carbocycles. The molecule has 0 bridgehead atoms. The van der Waals surface area contributed by atoms with Crippen molar-refractivity contribution in [2.24, 2.45) is 5.10 Å². The number of halogens is 3. The standard InChI is InChI=1S/C23H22F3N3O3S2/c1-4-16(28-29-22(32)18-10-9-17(34-18)21(31)27-12(2)3)15-11-33-20(19(15)30)13-5-7-14(8-6-13)23(24,25)26/h5-12,30H,4H2,1-3H3,(H,27,31)(H,29,32)/b28-16+. The third kappa shape index (κ3) is 5.84. The van der Waals surface area contributed by atoms with Gasteiger partial charge in [-0.2, -0.15) is 18.3 Å². The monoisotopic (exact) mass is 509 g/mol. The molecule has 180 valence electrons. The summed E-state index contributed by atoms with van der Waals surface area (Å²) in [4.78, 5) is 25.7. The fourth-order valence-corrected chi connectivity index (χ4v) is 4.77. The van der Waals surface area contributed by atoms with E-state index in [2.05, 4.69) is 15.8 Å². The molecule has 0 aliphatic heterocycles. The number of carbonyl (C=O) groups excluding carboxylic acids is 2. The van der Waals surface area contributed by atoms with E-state index in [4.69, 9.17) is 0 Å². The van der Waals surface area contributed by atoms with Gasteiger partial charge in [-0.05, 0) is 50.1 Å². The molecule has 3 aromatic rings. The number of hydrogen-bond acceptors (Lipinski definition) is 6. The van der Waals surface area contributed by atoms with Crippen molar-refractivity contribution in [3.8, 4) is 16.2 Å². The van der Waals surface area contributed by atoms with Crippen LogP contribution in [0.3, 0.4) is 0 Å². The van der Waals surface area contributed by atoms with Crippen LogP contribution in [0.2, 0.25) is 0 Å². The summed E-state index contributed by atoms with van der Waals surface area (Å²) in [5.41, 5.74) is 2.88. The molecule has 3 N–H and O–H groups in total. The summed E-state index contributed by atoms with van der Waals surface area (Å²) >= 11 is 2.19. The van der Waals surface area contributed by atoms with Crippen molar-refractivity contribution in [1.29, 1.82) is 0 Å². The number of rotatable bonds is 7. The molecule has 0 unspecified atom stereocenters. The fourth-order valence-electron chi connectivity index (χ4n) is 2.99. The number of nitrogens with zero attached hydrogens (tertiary/aromatic N) is 1. The van der Waals surface area contributed by atoms with Gasteiger partial charge >= 0.3 is 6.18 Å². The van der Waals surface area contributed by atoms with Crippen LogP contribution in [-0.4, -0.2) is 28.7 Å². The lowest BCUT2D eigenvalue weighted by Crippen LogP contribution is -2.29. The number of hydrazone groups is 1. The van der Waals surface area contributed by atoms with Gasteiger partial charge in [-0.15, -0.1) is 22.7 Å². The van der Waals surface area contributed by atoms with Crippen LogP contribution in [0, 0.1) is 0 Å². The lowest BCUT2D eigenvalue weighted by Gasteiger charge is -2.08. The van der Waals surface area contributed by atoms with E-state index in [0.717, 1.165) is 34.8 Å². The van der Waals surface area contributed by atoms with Crippen molar-refractivity contribution in [1.82, 2.24) is 10.7 Å². The van der Waals surface area contributed by atoms with Crippen LogP contribution in [0.5, 0.6) is 5.75 Å². The molecule has 34 heavy (non-hydrogen) atoms. The topological polar surface area (TPSA) is 90.8 Å². The van der Waals surface area contributed by atoms with Gasteiger partial charge in [0.05, 0.1) is 31.5 Å². The Bertz CT molecular complexity index is 1210. The second kappa shape index (κ2) is 10.4. The first-order valence-electron chi connectivity index (χ1n) is 10.3. The molecule has 6 nitrogen and oxygen atoms in total. The third-order valence-electron chi connectivity index (χ3n) is 4.65. The first-order valence-corrected chi connectivity index (χ1v) is 12.0.